The average Bonchev–Trinajstić information content (AvgIpc) is 2.41. The monoisotopic (exact) mass is 352 g/mol. The number of aromatic nitrogens is 2. The first-order valence-electron chi connectivity index (χ1n) is 6.08. The highest BCUT2D eigenvalue weighted by atomic mass is 127. The zero-order chi connectivity index (χ0) is 12.4. The summed E-state index contributed by atoms with van der Waals surface area (Å²) in [6.45, 7) is 0. The van der Waals surface area contributed by atoms with Gasteiger partial charge >= 0.3 is 6.01 Å². The molecule has 0 spiro atoms. The smallest absolute Gasteiger partial charge is 0.321 e. The average molecular weight is 352 g/mol. The lowest BCUT2D eigenvalue weighted by atomic mass is 9.92. The Balaban J connectivity index is 1.82. The molecule has 1 aliphatic carbocycles. The van der Waals surface area contributed by atoms with Gasteiger partial charge in [0.05, 0.1) is 0 Å². The molecular formula is C14H13IN2O. The summed E-state index contributed by atoms with van der Waals surface area (Å²) in [5, 5.41) is 0. The summed E-state index contributed by atoms with van der Waals surface area (Å²) in [5.41, 5.74) is 2.86. The van der Waals surface area contributed by atoms with Crippen molar-refractivity contribution in [3.05, 3.63) is 45.3 Å². The van der Waals surface area contributed by atoms with Crippen molar-refractivity contribution >= 4 is 22.6 Å². The first kappa shape index (κ1) is 11.9. The van der Waals surface area contributed by atoms with Crippen LogP contribution in [0.25, 0.3) is 0 Å². The zero-order valence-corrected chi connectivity index (χ0v) is 12.1. The molecule has 0 saturated carbocycles. The highest BCUT2D eigenvalue weighted by Gasteiger charge is 2.10. The van der Waals surface area contributed by atoms with E-state index in [4.69, 9.17) is 4.74 Å². The molecule has 0 saturated heterocycles. The van der Waals surface area contributed by atoms with Gasteiger partial charge < -0.3 is 4.74 Å². The first-order chi connectivity index (χ1) is 8.81. The second kappa shape index (κ2) is 5.22. The van der Waals surface area contributed by atoms with Crippen LogP contribution in [-0.4, -0.2) is 9.97 Å². The van der Waals surface area contributed by atoms with Crippen LogP contribution < -0.4 is 4.74 Å². The van der Waals surface area contributed by atoms with Crippen molar-refractivity contribution in [3.8, 4) is 11.8 Å². The lowest BCUT2D eigenvalue weighted by molar-refractivity contribution is 0.440. The molecule has 2 aromatic rings. The van der Waals surface area contributed by atoms with E-state index >= 15 is 0 Å². The van der Waals surface area contributed by atoms with Crippen molar-refractivity contribution in [2.75, 3.05) is 0 Å². The summed E-state index contributed by atoms with van der Waals surface area (Å²) >= 11 is 2.18. The zero-order valence-electron chi connectivity index (χ0n) is 9.90. The quantitative estimate of drug-likeness (QED) is 0.773. The molecule has 0 amide bonds. The van der Waals surface area contributed by atoms with Crippen LogP contribution in [0.15, 0.2) is 30.6 Å². The maximum atomic E-state index is 5.67. The predicted molar refractivity (Wildman–Crippen MR) is 77.9 cm³/mol. The SMILES string of the molecule is Ic1cnc(Oc2ccc3c(c2)CCCC3)nc1. The summed E-state index contributed by atoms with van der Waals surface area (Å²) in [4.78, 5) is 8.29. The van der Waals surface area contributed by atoms with Gasteiger partial charge in [-0.15, -0.1) is 0 Å². The Labute approximate surface area is 120 Å². The van der Waals surface area contributed by atoms with Crippen molar-refractivity contribution in [2.45, 2.75) is 25.7 Å². The number of nitrogens with zero attached hydrogens (tertiary/aromatic N) is 2. The van der Waals surface area contributed by atoms with Crippen LogP contribution in [0.1, 0.15) is 24.0 Å². The normalized spacial score (nSPS) is 14.1. The predicted octanol–water partition coefficient (Wildman–Crippen LogP) is 3.75. The van der Waals surface area contributed by atoms with Crippen LogP contribution in [0.2, 0.25) is 0 Å². The first-order valence-corrected chi connectivity index (χ1v) is 7.16. The number of ether oxygens (including phenoxy) is 1. The van der Waals surface area contributed by atoms with Crippen LogP contribution in [0.5, 0.6) is 11.8 Å². The molecule has 92 valence electrons. The van der Waals surface area contributed by atoms with Crippen LogP contribution in [-0.2, 0) is 12.8 Å². The lowest BCUT2D eigenvalue weighted by Crippen LogP contribution is -2.02. The van der Waals surface area contributed by atoms with E-state index in [9.17, 15) is 0 Å². The third-order valence-electron chi connectivity index (χ3n) is 3.13. The van der Waals surface area contributed by atoms with E-state index in [1.807, 2.05) is 6.07 Å². The number of hydrogen-bond acceptors (Lipinski definition) is 3. The number of benzene rings is 1. The molecule has 18 heavy (non-hydrogen) atoms. The Bertz CT molecular complexity index is 554. The van der Waals surface area contributed by atoms with Gasteiger partial charge in [-0.05, 0) is 71.5 Å². The van der Waals surface area contributed by atoms with Crippen LogP contribution in [0.3, 0.4) is 0 Å². The summed E-state index contributed by atoms with van der Waals surface area (Å²) < 4.78 is 6.68. The standard InChI is InChI=1S/C14H13IN2O/c15-12-8-16-14(17-9-12)18-13-6-5-10-3-1-2-4-11(10)7-13/h5-9H,1-4H2. The summed E-state index contributed by atoms with van der Waals surface area (Å²) in [5.74, 6) is 0.830. The van der Waals surface area contributed by atoms with Crippen molar-refractivity contribution in [2.24, 2.45) is 0 Å². The van der Waals surface area contributed by atoms with Crippen LogP contribution in [0.4, 0.5) is 0 Å². The van der Waals surface area contributed by atoms with Gasteiger partial charge in [-0.1, -0.05) is 6.07 Å². The molecule has 3 rings (SSSR count). The second-order valence-electron chi connectivity index (χ2n) is 4.42. The highest BCUT2D eigenvalue weighted by Crippen LogP contribution is 2.27. The van der Waals surface area contributed by atoms with Crippen molar-refractivity contribution in [3.63, 3.8) is 0 Å². The molecule has 1 aromatic heterocycles. The fourth-order valence-corrected chi connectivity index (χ4v) is 2.51. The van der Waals surface area contributed by atoms with Gasteiger partial charge in [-0.25, -0.2) is 9.97 Å². The third kappa shape index (κ3) is 2.63. The number of halogens is 1. The fourth-order valence-electron chi connectivity index (χ4n) is 2.23. The largest absolute Gasteiger partial charge is 0.424 e. The van der Waals surface area contributed by atoms with Crippen LogP contribution in [0, 0.1) is 3.57 Å². The minimum absolute atomic E-state index is 0.408. The molecule has 1 heterocycles. The number of aryl methyl sites for hydroxylation is 2. The molecule has 0 radical (unpaired) electrons. The molecule has 0 fully saturated rings. The fraction of sp³-hybridized carbons (Fsp3) is 0.286. The minimum Gasteiger partial charge on any atom is -0.424 e. The minimum atomic E-state index is 0.408. The van der Waals surface area contributed by atoms with E-state index in [0.29, 0.717) is 6.01 Å². The Morgan fingerprint density at radius 1 is 1.00 bits per heavy atom. The Hall–Kier alpha value is -1.17. The van der Waals surface area contributed by atoms with Gasteiger partial charge in [0.25, 0.3) is 0 Å². The molecule has 0 atom stereocenters. The van der Waals surface area contributed by atoms with Gasteiger partial charge in [0.2, 0.25) is 0 Å². The highest BCUT2D eigenvalue weighted by molar-refractivity contribution is 14.1. The molecule has 0 N–H and O–H groups in total. The Kier molecular flexibility index (Phi) is 3.45. The van der Waals surface area contributed by atoms with Crippen LogP contribution >= 0.6 is 22.6 Å². The van der Waals surface area contributed by atoms with E-state index in [1.54, 1.807) is 12.4 Å². The van der Waals surface area contributed by atoms with Crippen molar-refractivity contribution in [1.29, 1.82) is 0 Å². The molecule has 0 unspecified atom stereocenters. The number of fused-ring (bicyclic) bond motifs is 1. The van der Waals surface area contributed by atoms with E-state index < -0.39 is 0 Å². The van der Waals surface area contributed by atoms with E-state index in [1.165, 1.54) is 30.4 Å². The molecule has 1 aromatic carbocycles. The van der Waals surface area contributed by atoms with E-state index in [2.05, 4.69) is 44.7 Å². The molecule has 0 bridgehead atoms. The summed E-state index contributed by atoms with van der Waals surface area (Å²) in [6.07, 6.45) is 8.42. The maximum Gasteiger partial charge on any atom is 0.321 e. The van der Waals surface area contributed by atoms with Gasteiger partial charge in [-0.2, -0.15) is 0 Å². The van der Waals surface area contributed by atoms with Gasteiger partial charge in [-0.3, -0.25) is 0 Å². The van der Waals surface area contributed by atoms with Gasteiger partial charge in [0, 0.05) is 16.0 Å². The Morgan fingerprint density at radius 3 is 2.50 bits per heavy atom. The number of rotatable bonds is 2. The maximum absolute atomic E-state index is 5.67. The second-order valence-corrected chi connectivity index (χ2v) is 5.67. The lowest BCUT2D eigenvalue weighted by Gasteiger charge is -2.16. The van der Waals surface area contributed by atoms with Gasteiger partial charge in [0.1, 0.15) is 5.75 Å². The third-order valence-corrected chi connectivity index (χ3v) is 3.68. The topological polar surface area (TPSA) is 35.0 Å². The van der Waals surface area contributed by atoms with E-state index in [-0.39, 0.29) is 0 Å². The van der Waals surface area contributed by atoms with Crippen molar-refractivity contribution < 1.29 is 4.74 Å². The molecular weight excluding hydrogens is 339 g/mol. The van der Waals surface area contributed by atoms with E-state index in [0.717, 1.165) is 15.7 Å². The van der Waals surface area contributed by atoms with Crippen molar-refractivity contribution in [1.82, 2.24) is 9.97 Å². The molecule has 4 heteroatoms. The summed E-state index contributed by atoms with van der Waals surface area (Å²) in [6, 6.07) is 6.70. The van der Waals surface area contributed by atoms with Gasteiger partial charge in [0.15, 0.2) is 0 Å². The molecule has 3 nitrogen and oxygen atoms in total. The summed E-state index contributed by atoms with van der Waals surface area (Å²) in [7, 11) is 0. The molecule has 1 aliphatic rings. The Morgan fingerprint density at radius 2 is 1.72 bits per heavy atom. The molecule has 0 aliphatic heterocycles. The number of hydrogen-bond donors (Lipinski definition) is 0.